The maximum absolute atomic E-state index is 10.9. The Hall–Kier alpha value is -1.97. The van der Waals surface area contributed by atoms with E-state index in [9.17, 15) is 10.1 Å². The van der Waals surface area contributed by atoms with E-state index in [0.717, 1.165) is 0 Å². The first-order valence-corrected chi connectivity index (χ1v) is 5.42. The third-order valence-electron chi connectivity index (χ3n) is 2.49. The molecule has 1 saturated heterocycles. The molecular weight excluding hydrogens is 240 g/mol. The molecule has 98 valence electrons. The van der Waals surface area contributed by atoms with E-state index in [-0.39, 0.29) is 11.5 Å². The summed E-state index contributed by atoms with van der Waals surface area (Å²) in [7, 11) is 0. The van der Waals surface area contributed by atoms with E-state index >= 15 is 0 Å². The van der Waals surface area contributed by atoms with E-state index in [1.54, 1.807) is 0 Å². The highest BCUT2D eigenvalue weighted by Crippen LogP contribution is 2.24. The van der Waals surface area contributed by atoms with Gasteiger partial charge in [-0.15, -0.1) is 0 Å². The lowest BCUT2D eigenvalue weighted by atomic mass is 10.4. The molecule has 0 atom stereocenters. The van der Waals surface area contributed by atoms with Crippen LogP contribution >= 0.6 is 0 Å². The summed E-state index contributed by atoms with van der Waals surface area (Å²) in [5, 5.41) is 12.7. The van der Waals surface area contributed by atoms with Crippen molar-refractivity contribution in [3.8, 4) is 0 Å². The number of nitro groups is 1. The zero-order valence-corrected chi connectivity index (χ0v) is 9.63. The highest BCUT2D eigenvalue weighted by Gasteiger charge is 2.19. The minimum Gasteiger partial charge on any atom is -0.379 e. The Morgan fingerprint density at radius 1 is 1.44 bits per heavy atom. The number of pyridine rings is 1. The van der Waals surface area contributed by atoms with Crippen LogP contribution in [-0.4, -0.2) is 41.2 Å². The summed E-state index contributed by atoms with van der Waals surface area (Å²) in [5.41, 5.74) is 5.17. The molecule has 9 heteroatoms. The molecule has 0 aromatic carbocycles. The topological polar surface area (TPSA) is 119 Å². The van der Waals surface area contributed by atoms with Crippen molar-refractivity contribution in [2.24, 2.45) is 5.84 Å². The summed E-state index contributed by atoms with van der Waals surface area (Å²) in [6, 6.07) is 2.80. The zero-order valence-electron chi connectivity index (χ0n) is 9.63. The van der Waals surface area contributed by atoms with E-state index in [1.807, 2.05) is 5.01 Å². The molecule has 1 fully saturated rings. The van der Waals surface area contributed by atoms with Crippen molar-refractivity contribution >= 4 is 17.3 Å². The van der Waals surface area contributed by atoms with Crippen molar-refractivity contribution in [1.29, 1.82) is 0 Å². The Kier molecular flexibility index (Phi) is 3.87. The lowest BCUT2D eigenvalue weighted by Crippen LogP contribution is -2.40. The molecule has 9 nitrogen and oxygen atoms in total. The van der Waals surface area contributed by atoms with Crippen LogP contribution in [0, 0.1) is 10.1 Å². The molecule has 2 rings (SSSR count). The largest absolute Gasteiger partial charge is 0.379 e. The summed E-state index contributed by atoms with van der Waals surface area (Å²) in [4.78, 5) is 14.4. The van der Waals surface area contributed by atoms with Gasteiger partial charge in [0.1, 0.15) is 5.82 Å². The predicted molar refractivity (Wildman–Crippen MR) is 64.7 cm³/mol. The van der Waals surface area contributed by atoms with Crippen molar-refractivity contribution in [3.63, 3.8) is 0 Å². The van der Waals surface area contributed by atoms with Gasteiger partial charge in [-0.2, -0.15) is 0 Å². The number of aromatic nitrogens is 1. The summed E-state index contributed by atoms with van der Waals surface area (Å²) >= 11 is 0. The average molecular weight is 254 g/mol. The van der Waals surface area contributed by atoms with Gasteiger partial charge in [0, 0.05) is 19.2 Å². The standard InChI is InChI=1S/C9H14N6O3/c10-12-8-2-1-7(15(16)17)9(11-8)13-14-3-5-18-6-4-14/h1-2H,3-6,10H2,(H2,11,12,13). The van der Waals surface area contributed by atoms with Crippen LogP contribution in [0.5, 0.6) is 0 Å². The number of nitrogens with one attached hydrogen (secondary N) is 2. The number of nitrogens with two attached hydrogens (primary N) is 1. The lowest BCUT2D eigenvalue weighted by Gasteiger charge is -2.27. The first-order chi connectivity index (χ1) is 8.70. The van der Waals surface area contributed by atoms with Gasteiger partial charge in [0.2, 0.25) is 5.82 Å². The Bertz CT molecular complexity index is 434. The maximum Gasteiger partial charge on any atom is 0.312 e. The van der Waals surface area contributed by atoms with Gasteiger partial charge >= 0.3 is 5.69 Å². The number of nitrogens with zero attached hydrogens (tertiary/aromatic N) is 3. The molecule has 0 amide bonds. The number of hydrogen-bond acceptors (Lipinski definition) is 8. The summed E-state index contributed by atoms with van der Waals surface area (Å²) in [6.45, 7) is 2.43. The Labute approximate surface area is 103 Å². The van der Waals surface area contributed by atoms with Gasteiger partial charge in [-0.1, -0.05) is 0 Å². The highest BCUT2D eigenvalue weighted by atomic mass is 16.6. The third-order valence-corrected chi connectivity index (χ3v) is 2.49. The van der Waals surface area contributed by atoms with Crippen molar-refractivity contribution in [3.05, 3.63) is 22.2 Å². The van der Waals surface area contributed by atoms with Gasteiger partial charge in [0.25, 0.3) is 0 Å². The Balaban J connectivity index is 2.19. The highest BCUT2D eigenvalue weighted by molar-refractivity contribution is 5.59. The van der Waals surface area contributed by atoms with Crippen LogP contribution in [0.15, 0.2) is 12.1 Å². The molecule has 2 heterocycles. The molecule has 1 aromatic rings. The number of anilines is 2. The van der Waals surface area contributed by atoms with E-state index < -0.39 is 4.92 Å². The molecular formula is C9H14N6O3. The number of hydrazine groups is 2. The number of ether oxygens (including phenoxy) is 1. The number of morpholine rings is 1. The van der Waals surface area contributed by atoms with E-state index in [4.69, 9.17) is 10.6 Å². The van der Waals surface area contributed by atoms with E-state index in [2.05, 4.69) is 15.8 Å². The van der Waals surface area contributed by atoms with Crippen LogP contribution in [0.2, 0.25) is 0 Å². The van der Waals surface area contributed by atoms with Gasteiger partial charge < -0.3 is 10.2 Å². The van der Waals surface area contributed by atoms with Crippen LogP contribution < -0.4 is 16.7 Å². The maximum atomic E-state index is 10.9. The molecule has 0 radical (unpaired) electrons. The smallest absolute Gasteiger partial charge is 0.312 e. The monoisotopic (exact) mass is 254 g/mol. The quantitative estimate of drug-likeness (QED) is 0.388. The van der Waals surface area contributed by atoms with Crippen molar-refractivity contribution in [1.82, 2.24) is 9.99 Å². The van der Waals surface area contributed by atoms with Crippen LogP contribution in [0.1, 0.15) is 0 Å². The molecule has 0 unspecified atom stereocenters. The minimum absolute atomic E-state index is 0.0968. The summed E-state index contributed by atoms with van der Waals surface area (Å²) in [5.74, 6) is 5.76. The van der Waals surface area contributed by atoms with Crippen LogP contribution in [-0.2, 0) is 4.74 Å². The fourth-order valence-corrected chi connectivity index (χ4v) is 1.59. The molecule has 0 aliphatic carbocycles. The van der Waals surface area contributed by atoms with Crippen molar-refractivity contribution in [2.75, 3.05) is 37.2 Å². The molecule has 1 aromatic heterocycles. The number of rotatable bonds is 4. The molecule has 4 N–H and O–H groups in total. The number of nitrogen functional groups attached to an aromatic ring is 1. The van der Waals surface area contributed by atoms with Crippen LogP contribution in [0.25, 0.3) is 0 Å². The Morgan fingerprint density at radius 2 is 2.17 bits per heavy atom. The molecule has 18 heavy (non-hydrogen) atoms. The van der Waals surface area contributed by atoms with Crippen LogP contribution in [0.3, 0.4) is 0 Å². The predicted octanol–water partition coefficient (Wildman–Crippen LogP) is -0.0655. The summed E-state index contributed by atoms with van der Waals surface area (Å²) in [6.07, 6.45) is 0. The fraction of sp³-hybridized carbons (Fsp3) is 0.444. The first-order valence-electron chi connectivity index (χ1n) is 5.42. The van der Waals surface area contributed by atoms with Gasteiger partial charge in [-0.3, -0.25) is 15.5 Å². The van der Waals surface area contributed by atoms with Crippen molar-refractivity contribution < 1.29 is 9.66 Å². The van der Waals surface area contributed by atoms with Gasteiger partial charge in [0.15, 0.2) is 0 Å². The van der Waals surface area contributed by atoms with Crippen LogP contribution in [0.4, 0.5) is 17.3 Å². The second-order valence-electron chi connectivity index (χ2n) is 3.68. The molecule has 0 saturated carbocycles. The second-order valence-corrected chi connectivity index (χ2v) is 3.68. The lowest BCUT2D eigenvalue weighted by molar-refractivity contribution is -0.384. The third kappa shape index (κ3) is 2.83. The fourth-order valence-electron chi connectivity index (χ4n) is 1.59. The van der Waals surface area contributed by atoms with Gasteiger partial charge in [0.05, 0.1) is 18.1 Å². The molecule has 1 aliphatic rings. The molecule has 0 bridgehead atoms. The first kappa shape index (κ1) is 12.5. The molecule has 0 spiro atoms. The van der Waals surface area contributed by atoms with Gasteiger partial charge in [-0.25, -0.2) is 15.8 Å². The normalized spacial score (nSPS) is 16.3. The second kappa shape index (κ2) is 5.58. The van der Waals surface area contributed by atoms with Crippen molar-refractivity contribution in [2.45, 2.75) is 0 Å². The SMILES string of the molecule is NNc1ccc([N+](=O)[O-])c(NN2CCOCC2)n1. The average Bonchev–Trinajstić information content (AvgIpc) is 2.39. The Morgan fingerprint density at radius 3 is 2.78 bits per heavy atom. The minimum atomic E-state index is -0.490. The van der Waals surface area contributed by atoms with Gasteiger partial charge in [-0.05, 0) is 6.07 Å². The van der Waals surface area contributed by atoms with E-state index in [0.29, 0.717) is 32.1 Å². The molecule has 1 aliphatic heterocycles. The zero-order chi connectivity index (χ0) is 13.0. The summed E-state index contributed by atoms with van der Waals surface area (Å²) < 4.78 is 5.19. The number of hydrogen-bond donors (Lipinski definition) is 3. The van der Waals surface area contributed by atoms with E-state index in [1.165, 1.54) is 12.1 Å².